The molecule has 2 nitrogen and oxygen atoms in total. The maximum absolute atomic E-state index is 11.0. The van der Waals surface area contributed by atoms with Crippen LogP contribution in [0.2, 0.25) is 0 Å². The maximum Gasteiger partial charge on any atom is 0.0480 e. The van der Waals surface area contributed by atoms with Crippen LogP contribution in [0.5, 0.6) is 0 Å². The standard InChI is InChI=1S/C11H13NOS/c1-14(13)9-8-12-7-6-10-4-2-3-5-11(10)12/h2-7H,8-9H2,1H3. The van der Waals surface area contributed by atoms with Crippen molar-refractivity contribution in [2.24, 2.45) is 0 Å². The quantitative estimate of drug-likeness (QED) is 0.754. The molecule has 2 rings (SSSR count). The Kier molecular flexibility index (Phi) is 2.68. The summed E-state index contributed by atoms with van der Waals surface area (Å²) in [6.07, 6.45) is 3.79. The third kappa shape index (κ3) is 1.87. The molecule has 0 amide bonds. The zero-order valence-electron chi connectivity index (χ0n) is 8.14. The van der Waals surface area contributed by atoms with Gasteiger partial charge in [0.2, 0.25) is 0 Å². The molecule has 0 aliphatic heterocycles. The number of hydrogen-bond donors (Lipinski definition) is 0. The van der Waals surface area contributed by atoms with E-state index in [1.165, 1.54) is 10.9 Å². The monoisotopic (exact) mass is 207 g/mol. The molecule has 0 saturated heterocycles. The van der Waals surface area contributed by atoms with Crippen molar-refractivity contribution < 1.29 is 4.21 Å². The Balaban J connectivity index is 2.29. The fraction of sp³-hybridized carbons (Fsp3) is 0.273. The fourth-order valence-corrected chi connectivity index (χ4v) is 2.02. The molecule has 0 bridgehead atoms. The first-order valence-corrected chi connectivity index (χ1v) is 6.34. The summed E-state index contributed by atoms with van der Waals surface area (Å²) in [4.78, 5) is 0. The number of rotatable bonds is 3. The highest BCUT2D eigenvalue weighted by Crippen LogP contribution is 2.14. The van der Waals surface area contributed by atoms with Crippen molar-refractivity contribution in [3.05, 3.63) is 36.5 Å². The van der Waals surface area contributed by atoms with Gasteiger partial charge in [0.25, 0.3) is 0 Å². The molecule has 0 saturated carbocycles. The van der Waals surface area contributed by atoms with E-state index >= 15 is 0 Å². The highest BCUT2D eigenvalue weighted by atomic mass is 32.2. The van der Waals surface area contributed by atoms with E-state index in [1.807, 2.05) is 12.1 Å². The molecule has 0 aliphatic rings. The van der Waals surface area contributed by atoms with E-state index in [0.29, 0.717) is 0 Å². The van der Waals surface area contributed by atoms with Gasteiger partial charge in [0.15, 0.2) is 0 Å². The third-order valence-corrected chi connectivity index (χ3v) is 3.06. The average Bonchev–Trinajstić information content (AvgIpc) is 2.58. The highest BCUT2D eigenvalue weighted by Gasteiger charge is 1.99. The van der Waals surface area contributed by atoms with Gasteiger partial charge in [0.1, 0.15) is 0 Å². The molecular formula is C11H13NOS. The molecule has 0 spiro atoms. The topological polar surface area (TPSA) is 22.0 Å². The zero-order chi connectivity index (χ0) is 9.97. The van der Waals surface area contributed by atoms with Crippen molar-refractivity contribution in [3.63, 3.8) is 0 Å². The van der Waals surface area contributed by atoms with Crippen molar-refractivity contribution in [1.82, 2.24) is 4.57 Å². The molecular weight excluding hydrogens is 194 g/mol. The molecule has 3 heteroatoms. The lowest BCUT2D eigenvalue weighted by molar-refractivity contribution is 0.680. The summed E-state index contributed by atoms with van der Waals surface area (Å²) < 4.78 is 13.1. The van der Waals surface area contributed by atoms with Crippen molar-refractivity contribution in [1.29, 1.82) is 0 Å². The van der Waals surface area contributed by atoms with Gasteiger partial charge in [-0.15, -0.1) is 0 Å². The number of aromatic nitrogens is 1. The second kappa shape index (κ2) is 3.96. The largest absolute Gasteiger partial charge is 0.347 e. The van der Waals surface area contributed by atoms with Crippen LogP contribution in [0.15, 0.2) is 36.5 Å². The number of hydrogen-bond acceptors (Lipinski definition) is 1. The van der Waals surface area contributed by atoms with Crippen LogP contribution < -0.4 is 0 Å². The number of fused-ring (bicyclic) bond motifs is 1. The molecule has 1 aromatic carbocycles. The molecule has 0 radical (unpaired) electrons. The van der Waals surface area contributed by atoms with Crippen LogP contribution in [0.25, 0.3) is 10.9 Å². The summed E-state index contributed by atoms with van der Waals surface area (Å²) in [5.41, 5.74) is 1.22. The van der Waals surface area contributed by atoms with Gasteiger partial charge in [-0.2, -0.15) is 0 Å². The Morgan fingerprint density at radius 3 is 2.86 bits per heavy atom. The minimum atomic E-state index is -0.714. The normalized spacial score (nSPS) is 13.2. The Hall–Kier alpha value is -1.09. The van der Waals surface area contributed by atoms with E-state index in [0.717, 1.165) is 12.3 Å². The Morgan fingerprint density at radius 1 is 1.29 bits per heavy atom. The fourth-order valence-electron chi connectivity index (χ4n) is 1.56. The van der Waals surface area contributed by atoms with Gasteiger partial charge in [-0.3, -0.25) is 4.21 Å². The van der Waals surface area contributed by atoms with Crippen molar-refractivity contribution >= 4 is 21.7 Å². The van der Waals surface area contributed by atoms with E-state index in [4.69, 9.17) is 0 Å². The highest BCUT2D eigenvalue weighted by molar-refractivity contribution is 7.84. The van der Waals surface area contributed by atoms with Gasteiger partial charge in [-0.25, -0.2) is 0 Å². The first kappa shape index (κ1) is 9.46. The van der Waals surface area contributed by atoms with Crippen molar-refractivity contribution in [2.75, 3.05) is 12.0 Å². The third-order valence-electron chi connectivity index (χ3n) is 2.30. The van der Waals surface area contributed by atoms with Crippen LogP contribution in [0, 0.1) is 0 Å². The van der Waals surface area contributed by atoms with E-state index in [2.05, 4.69) is 29.0 Å². The summed E-state index contributed by atoms with van der Waals surface area (Å²) >= 11 is 0. The molecule has 1 atom stereocenters. The van der Waals surface area contributed by atoms with Gasteiger partial charge in [-0.1, -0.05) is 18.2 Å². The van der Waals surface area contributed by atoms with Crippen LogP contribution in [0.1, 0.15) is 0 Å². The van der Waals surface area contributed by atoms with Crippen LogP contribution in [0.3, 0.4) is 0 Å². The predicted molar refractivity (Wildman–Crippen MR) is 60.9 cm³/mol. The van der Waals surface area contributed by atoms with Crippen molar-refractivity contribution in [3.8, 4) is 0 Å². The van der Waals surface area contributed by atoms with Gasteiger partial charge in [-0.05, 0) is 17.5 Å². The summed E-state index contributed by atoms with van der Waals surface area (Å²) in [5, 5.41) is 1.24. The summed E-state index contributed by atoms with van der Waals surface area (Å²) in [6.45, 7) is 0.830. The first-order valence-electron chi connectivity index (χ1n) is 4.61. The van der Waals surface area contributed by atoms with Crippen LogP contribution >= 0.6 is 0 Å². The second-order valence-electron chi connectivity index (χ2n) is 3.35. The molecule has 74 valence electrons. The Bertz CT molecular complexity index is 461. The lowest BCUT2D eigenvalue weighted by Crippen LogP contribution is -2.04. The summed E-state index contributed by atoms with van der Waals surface area (Å²) in [7, 11) is -0.714. The number of nitrogens with zero attached hydrogens (tertiary/aromatic N) is 1. The summed E-state index contributed by atoms with van der Waals surface area (Å²) in [6, 6.07) is 10.3. The van der Waals surface area contributed by atoms with Gasteiger partial charge >= 0.3 is 0 Å². The lowest BCUT2D eigenvalue weighted by Gasteiger charge is -2.02. The SMILES string of the molecule is CS(=O)CCn1ccc2ccccc21. The number of aryl methyl sites for hydroxylation is 1. The molecule has 1 heterocycles. The molecule has 0 fully saturated rings. The maximum atomic E-state index is 11.0. The second-order valence-corrected chi connectivity index (χ2v) is 4.90. The zero-order valence-corrected chi connectivity index (χ0v) is 8.96. The Morgan fingerprint density at radius 2 is 2.07 bits per heavy atom. The molecule has 0 aliphatic carbocycles. The number of para-hydroxylation sites is 1. The van der Waals surface area contributed by atoms with Gasteiger partial charge in [0.05, 0.1) is 0 Å². The average molecular weight is 207 g/mol. The minimum Gasteiger partial charge on any atom is -0.347 e. The molecule has 0 N–H and O–H groups in total. The lowest BCUT2D eigenvalue weighted by atomic mass is 10.2. The number of benzene rings is 1. The van der Waals surface area contributed by atoms with Crippen molar-refractivity contribution in [2.45, 2.75) is 6.54 Å². The van der Waals surface area contributed by atoms with Crippen LogP contribution in [0.4, 0.5) is 0 Å². The molecule has 1 unspecified atom stereocenters. The minimum absolute atomic E-state index is 0.714. The first-order chi connectivity index (χ1) is 6.77. The van der Waals surface area contributed by atoms with Crippen LogP contribution in [-0.4, -0.2) is 20.8 Å². The molecule has 2 aromatic rings. The smallest absolute Gasteiger partial charge is 0.0480 e. The van der Waals surface area contributed by atoms with Crippen LogP contribution in [-0.2, 0) is 17.3 Å². The predicted octanol–water partition coefficient (Wildman–Crippen LogP) is 2.02. The summed E-state index contributed by atoms with van der Waals surface area (Å²) in [5.74, 6) is 0.721. The van der Waals surface area contributed by atoms with E-state index in [9.17, 15) is 4.21 Å². The van der Waals surface area contributed by atoms with Gasteiger partial charge in [0, 0.05) is 41.1 Å². The van der Waals surface area contributed by atoms with E-state index in [1.54, 1.807) is 6.26 Å². The molecule has 1 aromatic heterocycles. The molecule has 14 heavy (non-hydrogen) atoms. The Labute approximate surface area is 86.0 Å². The van der Waals surface area contributed by atoms with Gasteiger partial charge < -0.3 is 4.57 Å². The van der Waals surface area contributed by atoms with E-state index in [-0.39, 0.29) is 0 Å². The van der Waals surface area contributed by atoms with E-state index < -0.39 is 10.8 Å².